The molecule has 0 saturated carbocycles. The first kappa shape index (κ1) is 9.83. The van der Waals surface area contributed by atoms with Gasteiger partial charge in [-0.3, -0.25) is 0 Å². The number of nitrogens with one attached hydrogen (secondary N) is 1. The van der Waals surface area contributed by atoms with Crippen molar-refractivity contribution in [1.29, 1.82) is 0 Å². The summed E-state index contributed by atoms with van der Waals surface area (Å²) in [5.74, 6) is 1.48. The van der Waals surface area contributed by atoms with Crippen molar-refractivity contribution in [3.8, 4) is 0 Å². The third-order valence-electron chi connectivity index (χ3n) is 2.20. The van der Waals surface area contributed by atoms with E-state index in [0.717, 1.165) is 23.6 Å². The zero-order valence-electron chi connectivity index (χ0n) is 8.50. The Morgan fingerprint density at radius 1 is 1.13 bits per heavy atom. The van der Waals surface area contributed by atoms with Crippen molar-refractivity contribution >= 4 is 0 Å². The maximum Gasteiger partial charge on any atom is 0.134 e. The number of benzene rings is 1. The lowest BCUT2D eigenvalue weighted by atomic mass is 10.1. The Balaban J connectivity index is 2.11. The highest BCUT2D eigenvalue weighted by Gasteiger charge is 2.02. The fourth-order valence-electron chi connectivity index (χ4n) is 1.37. The summed E-state index contributed by atoms with van der Waals surface area (Å²) in [6.07, 6.45) is 1.50. The lowest BCUT2D eigenvalue weighted by Gasteiger charge is -1.96. The van der Waals surface area contributed by atoms with E-state index in [1.54, 1.807) is 12.1 Å². The Morgan fingerprint density at radius 2 is 1.80 bits per heavy atom. The van der Waals surface area contributed by atoms with Crippen LogP contribution in [0.1, 0.15) is 24.1 Å². The average molecular weight is 205 g/mol. The molecule has 1 N–H and O–H groups in total. The first-order valence-corrected chi connectivity index (χ1v) is 4.93. The molecule has 15 heavy (non-hydrogen) atoms. The third-order valence-corrected chi connectivity index (χ3v) is 2.20. The van der Waals surface area contributed by atoms with E-state index in [-0.39, 0.29) is 5.82 Å². The zero-order chi connectivity index (χ0) is 10.7. The predicted octanol–water partition coefficient (Wildman–Crippen LogP) is 2.10. The van der Waals surface area contributed by atoms with Gasteiger partial charge in [-0.1, -0.05) is 19.1 Å². The van der Waals surface area contributed by atoms with Gasteiger partial charge in [0, 0.05) is 12.8 Å². The maximum atomic E-state index is 12.6. The van der Waals surface area contributed by atoms with Gasteiger partial charge < -0.3 is 4.98 Å². The summed E-state index contributed by atoms with van der Waals surface area (Å²) in [5, 5.41) is 7.97. The topological polar surface area (TPSA) is 41.6 Å². The number of aromatic nitrogens is 3. The molecule has 2 aromatic rings. The Morgan fingerprint density at radius 3 is 2.40 bits per heavy atom. The Bertz CT molecular complexity index is 433. The Hall–Kier alpha value is -1.71. The van der Waals surface area contributed by atoms with Gasteiger partial charge in [-0.05, 0) is 17.7 Å². The molecule has 0 saturated heterocycles. The second kappa shape index (κ2) is 4.21. The van der Waals surface area contributed by atoms with Gasteiger partial charge in [0.1, 0.15) is 17.5 Å². The van der Waals surface area contributed by atoms with Gasteiger partial charge in [0.25, 0.3) is 0 Å². The van der Waals surface area contributed by atoms with Crippen LogP contribution < -0.4 is 0 Å². The quantitative estimate of drug-likeness (QED) is 0.833. The van der Waals surface area contributed by atoms with E-state index in [1.807, 2.05) is 6.92 Å². The molecular formula is C11H12FN3. The number of H-pyrrole nitrogens is 1. The van der Waals surface area contributed by atoms with Crippen LogP contribution in [0.3, 0.4) is 0 Å². The number of hydrogen-bond donors (Lipinski definition) is 1. The summed E-state index contributed by atoms with van der Waals surface area (Å²) in [4.78, 5) is 3.11. The van der Waals surface area contributed by atoms with Crippen LogP contribution in [0.25, 0.3) is 0 Å². The van der Waals surface area contributed by atoms with Crippen molar-refractivity contribution in [2.75, 3.05) is 0 Å². The summed E-state index contributed by atoms with van der Waals surface area (Å²) >= 11 is 0. The fraction of sp³-hybridized carbons (Fsp3) is 0.273. The van der Waals surface area contributed by atoms with E-state index in [0.29, 0.717) is 6.42 Å². The zero-order valence-corrected chi connectivity index (χ0v) is 8.50. The molecule has 0 aliphatic carbocycles. The highest BCUT2D eigenvalue weighted by Crippen LogP contribution is 2.07. The van der Waals surface area contributed by atoms with Gasteiger partial charge in [0.2, 0.25) is 0 Å². The van der Waals surface area contributed by atoms with Crippen LogP contribution in [0.4, 0.5) is 4.39 Å². The molecule has 1 aromatic heterocycles. The second-order valence-corrected chi connectivity index (χ2v) is 3.38. The van der Waals surface area contributed by atoms with E-state index < -0.39 is 0 Å². The van der Waals surface area contributed by atoms with Crippen LogP contribution in [-0.2, 0) is 12.8 Å². The van der Waals surface area contributed by atoms with Gasteiger partial charge in [0.05, 0.1) is 0 Å². The highest BCUT2D eigenvalue weighted by molar-refractivity contribution is 5.19. The van der Waals surface area contributed by atoms with Crippen LogP contribution in [0.2, 0.25) is 0 Å². The minimum atomic E-state index is -0.217. The Kier molecular flexibility index (Phi) is 2.76. The number of hydrogen-bond acceptors (Lipinski definition) is 2. The van der Waals surface area contributed by atoms with Gasteiger partial charge in [-0.25, -0.2) is 4.39 Å². The SMILES string of the molecule is CCc1nnc(Cc2ccc(F)cc2)[nH]1. The van der Waals surface area contributed by atoms with Crippen molar-refractivity contribution < 1.29 is 4.39 Å². The molecule has 4 heteroatoms. The van der Waals surface area contributed by atoms with Crippen molar-refractivity contribution in [2.45, 2.75) is 19.8 Å². The second-order valence-electron chi connectivity index (χ2n) is 3.38. The van der Waals surface area contributed by atoms with Crippen LogP contribution >= 0.6 is 0 Å². The van der Waals surface area contributed by atoms with Crippen LogP contribution in [0.15, 0.2) is 24.3 Å². The smallest absolute Gasteiger partial charge is 0.134 e. The van der Waals surface area contributed by atoms with Crippen molar-refractivity contribution in [3.05, 3.63) is 47.3 Å². The first-order valence-electron chi connectivity index (χ1n) is 4.93. The summed E-state index contributed by atoms with van der Waals surface area (Å²) < 4.78 is 12.6. The van der Waals surface area contributed by atoms with E-state index in [1.165, 1.54) is 12.1 Å². The highest BCUT2D eigenvalue weighted by atomic mass is 19.1. The van der Waals surface area contributed by atoms with Gasteiger partial charge in [-0.15, -0.1) is 10.2 Å². The molecule has 0 aliphatic rings. The molecule has 0 bridgehead atoms. The van der Waals surface area contributed by atoms with Gasteiger partial charge in [0.15, 0.2) is 0 Å². The minimum Gasteiger partial charge on any atom is -0.329 e. The van der Waals surface area contributed by atoms with E-state index in [9.17, 15) is 4.39 Å². The minimum absolute atomic E-state index is 0.217. The lowest BCUT2D eigenvalue weighted by Crippen LogP contribution is -1.91. The molecule has 0 atom stereocenters. The van der Waals surface area contributed by atoms with E-state index in [2.05, 4.69) is 15.2 Å². The number of nitrogens with zero attached hydrogens (tertiary/aromatic N) is 2. The van der Waals surface area contributed by atoms with E-state index >= 15 is 0 Å². The number of halogens is 1. The molecule has 2 rings (SSSR count). The molecule has 0 spiro atoms. The van der Waals surface area contributed by atoms with Gasteiger partial charge >= 0.3 is 0 Å². The van der Waals surface area contributed by atoms with Gasteiger partial charge in [-0.2, -0.15) is 0 Å². The number of aromatic amines is 1. The molecule has 3 nitrogen and oxygen atoms in total. The lowest BCUT2D eigenvalue weighted by molar-refractivity contribution is 0.627. The maximum absolute atomic E-state index is 12.6. The molecule has 0 aliphatic heterocycles. The molecule has 78 valence electrons. The van der Waals surface area contributed by atoms with E-state index in [4.69, 9.17) is 0 Å². The number of rotatable bonds is 3. The fourth-order valence-corrected chi connectivity index (χ4v) is 1.37. The summed E-state index contributed by atoms with van der Waals surface area (Å²) in [7, 11) is 0. The largest absolute Gasteiger partial charge is 0.329 e. The predicted molar refractivity (Wildman–Crippen MR) is 55.0 cm³/mol. The normalized spacial score (nSPS) is 10.5. The number of aryl methyl sites for hydroxylation is 1. The average Bonchev–Trinajstić information content (AvgIpc) is 2.69. The van der Waals surface area contributed by atoms with Crippen molar-refractivity contribution in [1.82, 2.24) is 15.2 Å². The molecule has 0 amide bonds. The molecule has 1 heterocycles. The summed E-state index contributed by atoms with van der Waals surface area (Å²) in [6, 6.07) is 6.41. The molecule has 0 radical (unpaired) electrons. The first-order chi connectivity index (χ1) is 7.28. The van der Waals surface area contributed by atoms with Crippen LogP contribution in [0.5, 0.6) is 0 Å². The standard InChI is InChI=1S/C11H12FN3/c1-2-10-13-11(15-14-10)7-8-3-5-9(12)6-4-8/h3-6H,2,7H2,1H3,(H,13,14,15). The molecule has 1 aromatic carbocycles. The van der Waals surface area contributed by atoms with Crippen molar-refractivity contribution in [2.24, 2.45) is 0 Å². The van der Waals surface area contributed by atoms with Crippen LogP contribution in [0, 0.1) is 5.82 Å². The van der Waals surface area contributed by atoms with Crippen molar-refractivity contribution in [3.63, 3.8) is 0 Å². The molecule has 0 fully saturated rings. The molecule has 0 unspecified atom stereocenters. The third kappa shape index (κ3) is 2.40. The van der Waals surface area contributed by atoms with Crippen LogP contribution in [-0.4, -0.2) is 15.2 Å². The summed E-state index contributed by atoms with van der Waals surface area (Å²) in [6.45, 7) is 2.02. The molecular weight excluding hydrogens is 193 g/mol. The summed E-state index contributed by atoms with van der Waals surface area (Å²) in [5.41, 5.74) is 1.02. The Labute approximate surface area is 87.4 Å². The monoisotopic (exact) mass is 205 g/mol.